The van der Waals surface area contributed by atoms with Crippen molar-refractivity contribution in [2.45, 2.75) is 26.2 Å². The van der Waals surface area contributed by atoms with E-state index in [0.717, 1.165) is 12.8 Å². The average molecular weight is 141 g/mol. The molecule has 0 aromatic heterocycles. The zero-order valence-corrected chi connectivity index (χ0v) is 5.57. The van der Waals surface area contributed by atoms with Crippen LogP contribution < -0.4 is 0 Å². The molecule has 0 rings (SSSR count). The summed E-state index contributed by atoms with van der Waals surface area (Å²) < 4.78 is 0. The maximum absolute atomic E-state index is 9.97. The van der Waals surface area contributed by atoms with Gasteiger partial charge >= 0.3 is 0 Å². The molecule has 0 radical (unpaired) electrons. The molecule has 0 aromatic rings. The van der Waals surface area contributed by atoms with Gasteiger partial charge in [0.15, 0.2) is 0 Å². The van der Waals surface area contributed by atoms with Crippen molar-refractivity contribution < 1.29 is 9.50 Å². The highest BCUT2D eigenvalue weighted by Crippen LogP contribution is 1.96. The van der Waals surface area contributed by atoms with Crippen molar-refractivity contribution in [3.63, 3.8) is 0 Å². The molecule has 0 heterocycles. The van der Waals surface area contributed by atoms with Gasteiger partial charge in [-0.1, -0.05) is 13.3 Å². The summed E-state index contributed by atoms with van der Waals surface area (Å²) >= 11 is 5.02. The van der Waals surface area contributed by atoms with Crippen molar-refractivity contribution in [1.29, 1.82) is 0 Å². The van der Waals surface area contributed by atoms with Gasteiger partial charge in [0.1, 0.15) is 0 Å². The molecule has 0 fully saturated rings. The molecule has 0 aliphatic rings. The van der Waals surface area contributed by atoms with Crippen LogP contribution in [0.1, 0.15) is 26.2 Å². The molecule has 0 unspecified atom stereocenters. The minimum atomic E-state index is -0.221. The maximum Gasteiger partial charge on any atom is 0.221 e. The first-order valence-corrected chi connectivity index (χ1v) is 2.83. The van der Waals surface area contributed by atoms with Gasteiger partial charge in [-0.3, -0.25) is 9.50 Å². The first-order chi connectivity index (χ1) is 3.27. The predicted molar refractivity (Wildman–Crippen MR) is 32.9 cm³/mol. The van der Waals surface area contributed by atoms with Crippen LogP contribution in [0.2, 0.25) is 0 Å². The van der Waals surface area contributed by atoms with Crippen LogP contribution in [0, 0.1) is 0 Å². The summed E-state index contributed by atoms with van der Waals surface area (Å²) in [5.74, 6) is 0. The van der Waals surface area contributed by atoms with Crippen LogP contribution >= 0.6 is 11.6 Å². The molecule has 0 aliphatic carbocycles. The lowest BCUT2D eigenvalue weighted by Crippen LogP contribution is -1.82. The highest BCUT2D eigenvalue weighted by Gasteiger charge is 1.90. The lowest BCUT2D eigenvalue weighted by Gasteiger charge is -1.84. The molecule has 0 bridgehead atoms. The molecule has 50 valence electrons. The van der Waals surface area contributed by atoms with E-state index in [9.17, 15) is 4.79 Å². The molecular weight excluding hydrogens is 131 g/mol. The zero-order valence-electron chi connectivity index (χ0n) is 4.82. The Bertz CT molecular complexity index is 65.4. The van der Waals surface area contributed by atoms with Crippen LogP contribution in [0.4, 0.5) is 4.70 Å². The molecule has 0 aromatic carbocycles. The van der Waals surface area contributed by atoms with E-state index in [-0.39, 0.29) is 9.95 Å². The van der Waals surface area contributed by atoms with E-state index in [2.05, 4.69) is 0 Å². The van der Waals surface area contributed by atoms with Crippen molar-refractivity contribution >= 4 is 16.8 Å². The lowest BCUT2D eigenvalue weighted by atomic mass is 10.3. The SMILES string of the molecule is CCCCC(=O)Cl.F. The smallest absolute Gasteiger partial charge is 0.221 e. The molecule has 0 saturated heterocycles. The Morgan fingerprint density at radius 3 is 2.25 bits per heavy atom. The highest BCUT2D eigenvalue weighted by molar-refractivity contribution is 6.63. The third kappa shape index (κ3) is 9.31. The lowest BCUT2D eigenvalue weighted by molar-refractivity contribution is -0.111. The van der Waals surface area contributed by atoms with E-state index in [1.807, 2.05) is 6.92 Å². The van der Waals surface area contributed by atoms with Crippen molar-refractivity contribution in [3.05, 3.63) is 0 Å². The Morgan fingerprint density at radius 1 is 1.62 bits per heavy atom. The first-order valence-electron chi connectivity index (χ1n) is 2.45. The molecule has 8 heavy (non-hydrogen) atoms. The van der Waals surface area contributed by atoms with Gasteiger partial charge in [0.05, 0.1) is 0 Å². The summed E-state index contributed by atoms with van der Waals surface area (Å²) in [7, 11) is 0. The number of hydrogen-bond acceptors (Lipinski definition) is 1. The van der Waals surface area contributed by atoms with Gasteiger partial charge in [-0.25, -0.2) is 0 Å². The largest absolute Gasteiger partial charge is 0.281 e. The summed E-state index contributed by atoms with van der Waals surface area (Å²) in [5.41, 5.74) is 0. The van der Waals surface area contributed by atoms with Crippen LogP contribution in [0.15, 0.2) is 0 Å². The molecule has 1 nitrogen and oxygen atoms in total. The molecule has 3 heteroatoms. The van der Waals surface area contributed by atoms with E-state index >= 15 is 0 Å². The van der Waals surface area contributed by atoms with Gasteiger partial charge in [0, 0.05) is 6.42 Å². The molecule has 0 amide bonds. The summed E-state index contributed by atoms with van der Waals surface area (Å²) in [6, 6.07) is 0. The molecule has 0 spiro atoms. The maximum atomic E-state index is 9.97. The standard InChI is InChI=1S/C5H9ClO.FH/c1-2-3-4-5(6)7;/h2-4H2,1H3;1H. The third-order valence-electron chi connectivity index (χ3n) is 0.727. The van der Waals surface area contributed by atoms with E-state index in [4.69, 9.17) is 11.6 Å². The minimum Gasteiger partial charge on any atom is -0.281 e. The summed E-state index contributed by atoms with van der Waals surface area (Å²) in [6.07, 6.45) is 2.48. The number of halogens is 2. The van der Waals surface area contributed by atoms with Gasteiger partial charge in [-0.05, 0) is 18.0 Å². The molecule has 0 saturated carbocycles. The highest BCUT2D eigenvalue weighted by atomic mass is 35.5. The van der Waals surface area contributed by atoms with Crippen molar-refractivity contribution in [2.75, 3.05) is 0 Å². The molecule has 0 N–H and O–H groups in total. The average Bonchev–Trinajstić information content (AvgIpc) is 1.61. The van der Waals surface area contributed by atoms with Crippen LogP contribution in [-0.2, 0) is 4.79 Å². The molecular formula is C5H10ClFO. The summed E-state index contributed by atoms with van der Waals surface area (Å²) in [5, 5.41) is -0.221. The second-order valence-electron chi connectivity index (χ2n) is 1.46. The fourth-order valence-electron chi connectivity index (χ4n) is 0.316. The van der Waals surface area contributed by atoms with Crippen LogP contribution in [0.25, 0.3) is 0 Å². The van der Waals surface area contributed by atoms with E-state index < -0.39 is 0 Å². The van der Waals surface area contributed by atoms with E-state index in [1.54, 1.807) is 0 Å². The van der Waals surface area contributed by atoms with Gasteiger partial charge in [-0.2, -0.15) is 0 Å². The Balaban J connectivity index is 0. The molecule has 0 atom stereocenters. The van der Waals surface area contributed by atoms with Crippen molar-refractivity contribution in [1.82, 2.24) is 0 Å². The van der Waals surface area contributed by atoms with Gasteiger partial charge in [0.2, 0.25) is 5.24 Å². The predicted octanol–water partition coefficient (Wildman–Crippen LogP) is 2.09. The topological polar surface area (TPSA) is 17.1 Å². The van der Waals surface area contributed by atoms with E-state index in [0.29, 0.717) is 6.42 Å². The normalized spacial score (nSPS) is 7.75. The van der Waals surface area contributed by atoms with Crippen molar-refractivity contribution in [3.8, 4) is 0 Å². The fraction of sp³-hybridized carbons (Fsp3) is 0.800. The third-order valence-corrected chi connectivity index (χ3v) is 0.916. The minimum absolute atomic E-state index is 0. The summed E-state index contributed by atoms with van der Waals surface area (Å²) in [6.45, 7) is 2.03. The Kier molecular flexibility index (Phi) is 9.30. The second kappa shape index (κ2) is 6.89. The van der Waals surface area contributed by atoms with Gasteiger partial charge in [0.25, 0.3) is 0 Å². The monoisotopic (exact) mass is 140 g/mol. The number of unbranched alkanes of at least 4 members (excludes halogenated alkanes) is 1. The van der Waals surface area contributed by atoms with Crippen LogP contribution in [0.3, 0.4) is 0 Å². The summed E-state index contributed by atoms with van der Waals surface area (Å²) in [4.78, 5) is 9.97. The number of carbonyl (C=O) groups excluding carboxylic acids is 1. The van der Waals surface area contributed by atoms with Gasteiger partial charge in [-0.15, -0.1) is 0 Å². The van der Waals surface area contributed by atoms with Gasteiger partial charge < -0.3 is 0 Å². The van der Waals surface area contributed by atoms with E-state index in [1.165, 1.54) is 0 Å². The quantitative estimate of drug-likeness (QED) is 0.549. The zero-order chi connectivity index (χ0) is 5.70. The Morgan fingerprint density at radius 2 is 2.12 bits per heavy atom. The number of carbonyl (C=O) groups is 1. The number of hydrogen-bond donors (Lipinski definition) is 0. The van der Waals surface area contributed by atoms with Crippen molar-refractivity contribution in [2.24, 2.45) is 0 Å². The van der Waals surface area contributed by atoms with Crippen LogP contribution in [-0.4, -0.2) is 5.24 Å². The molecule has 0 aliphatic heterocycles. The first kappa shape index (κ1) is 10.8. The Labute approximate surface area is 53.4 Å². The van der Waals surface area contributed by atoms with Crippen LogP contribution in [0.5, 0.6) is 0 Å². The Hall–Kier alpha value is -0.110. The fourth-order valence-corrected chi connectivity index (χ4v) is 0.449. The second-order valence-corrected chi connectivity index (χ2v) is 1.88. The number of rotatable bonds is 3.